The Morgan fingerprint density at radius 2 is 2.19 bits per heavy atom. The summed E-state index contributed by atoms with van der Waals surface area (Å²) in [5.41, 5.74) is -0.772. The SMILES string of the molecule is CC(=O)C1(CF)CC=C(O[Si](C)(C)C)CC1. The molecule has 1 rings (SSSR count). The van der Waals surface area contributed by atoms with Crippen molar-refractivity contribution in [3.8, 4) is 0 Å². The highest BCUT2D eigenvalue weighted by molar-refractivity contribution is 6.70. The molecule has 2 nitrogen and oxygen atoms in total. The Labute approximate surface area is 98.0 Å². The Morgan fingerprint density at radius 1 is 1.56 bits per heavy atom. The lowest BCUT2D eigenvalue weighted by molar-refractivity contribution is -0.128. The second-order valence-corrected chi connectivity index (χ2v) is 9.99. The van der Waals surface area contributed by atoms with E-state index in [0.29, 0.717) is 19.3 Å². The molecule has 1 atom stereocenters. The van der Waals surface area contributed by atoms with E-state index in [1.165, 1.54) is 6.92 Å². The molecule has 0 aromatic rings. The number of carbonyl (C=O) groups is 1. The van der Waals surface area contributed by atoms with Gasteiger partial charge in [0.1, 0.15) is 12.5 Å². The van der Waals surface area contributed by atoms with Crippen LogP contribution in [0.25, 0.3) is 0 Å². The van der Waals surface area contributed by atoms with Gasteiger partial charge in [-0.2, -0.15) is 0 Å². The molecule has 0 aliphatic heterocycles. The molecule has 92 valence electrons. The predicted octanol–water partition coefficient (Wildman–Crippen LogP) is 3.45. The van der Waals surface area contributed by atoms with Crippen molar-refractivity contribution in [2.75, 3.05) is 6.67 Å². The minimum atomic E-state index is -1.58. The van der Waals surface area contributed by atoms with E-state index in [0.717, 1.165) is 5.76 Å². The standard InChI is InChI=1S/C12H21FO2Si/c1-10(14)12(9-13)7-5-11(6-8-12)15-16(2,3)4/h5H,6-9H2,1-4H3. The van der Waals surface area contributed by atoms with E-state index < -0.39 is 20.4 Å². The third-order valence-corrected chi connectivity index (χ3v) is 3.88. The van der Waals surface area contributed by atoms with E-state index in [-0.39, 0.29) is 5.78 Å². The highest BCUT2D eigenvalue weighted by Gasteiger charge is 2.37. The number of ketones is 1. The molecule has 0 saturated heterocycles. The topological polar surface area (TPSA) is 26.3 Å². The molecule has 0 bridgehead atoms. The molecule has 0 heterocycles. The highest BCUT2D eigenvalue weighted by atomic mass is 28.4. The molecule has 1 aliphatic carbocycles. The smallest absolute Gasteiger partial charge is 0.241 e. The molecule has 0 spiro atoms. The predicted molar refractivity (Wildman–Crippen MR) is 65.5 cm³/mol. The van der Waals surface area contributed by atoms with Crippen LogP contribution in [0.2, 0.25) is 19.6 Å². The maximum absolute atomic E-state index is 13.0. The summed E-state index contributed by atoms with van der Waals surface area (Å²) in [5, 5.41) is 0. The first-order valence-corrected chi connectivity index (χ1v) is 9.15. The molecule has 0 aromatic carbocycles. The molecule has 1 aliphatic rings. The zero-order chi connectivity index (χ0) is 12.4. The highest BCUT2D eigenvalue weighted by Crippen LogP contribution is 2.37. The van der Waals surface area contributed by atoms with E-state index in [4.69, 9.17) is 4.43 Å². The van der Waals surface area contributed by atoms with E-state index in [1.807, 2.05) is 6.08 Å². The number of allylic oxidation sites excluding steroid dienone is 2. The fourth-order valence-electron chi connectivity index (χ4n) is 1.90. The number of carbonyl (C=O) groups excluding carboxylic acids is 1. The molecular formula is C12H21FO2Si. The van der Waals surface area contributed by atoms with Crippen LogP contribution in [0.4, 0.5) is 4.39 Å². The van der Waals surface area contributed by atoms with Crippen LogP contribution in [-0.4, -0.2) is 20.8 Å². The van der Waals surface area contributed by atoms with Crippen LogP contribution < -0.4 is 0 Å². The molecule has 4 heteroatoms. The van der Waals surface area contributed by atoms with Gasteiger partial charge in [0.2, 0.25) is 8.32 Å². The van der Waals surface area contributed by atoms with Crippen molar-refractivity contribution in [3.63, 3.8) is 0 Å². The van der Waals surface area contributed by atoms with Crippen molar-refractivity contribution < 1.29 is 13.6 Å². The Bertz CT molecular complexity index is 307. The summed E-state index contributed by atoms with van der Waals surface area (Å²) >= 11 is 0. The van der Waals surface area contributed by atoms with Crippen molar-refractivity contribution in [3.05, 3.63) is 11.8 Å². The van der Waals surface area contributed by atoms with Gasteiger partial charge in [-0.25, -0.2) is 4.39 Å². The van der Waals surface area contributed by atoms with Crippen molar-refractivity contribution in [2.45, 2.75) is 45.8 Å². The summed E-state index contributed by atoms with van der Waals surface area (Å²) in [7, 11) is -1.58. The van der Waals surface area contributed by atoms with Crippen molar-refractivity contribution in [1.29, 1.82) is 0 Å². The quantitative estimate of drug-likeness (QED) is 0.708. The van der Waals surface area contributed by atoms with Crippen LogP contribution in [0.15, 0.2) is 11.8 Å². The Balaban J connectivity index is 2.70. The molecule has 0 amide bonds. The van der Waals surface area contributed by atoms with Gasteiger partial charge in [0.05, 0.1) is 11.2 Å². The average molecular weight is 244 g/mol. The van der Waals surface area contributed by atoms with Gasteiger partial charge in [-0.15, -0.1) is 0 Å². The van der Waals surface area contributed by atoms with Gasteiger partial charge in [-0.1, -0.05) is 0 Å². The minimum Gasteiger partial charge on any atom is -0.548 e. The molecular weight excluding hydrogens is 223 g/mol. The van der Waals surface area contributed by atoms with Crippen molar-refractivity contribution in [1.82, 2.24) is 0 Å². The van der Waals surface area contributed by atoms with E-state index in [2.05, 4.69) is 19.6 Å². The Morgan fingerprint density at radius 3 is 2.50 bits per heavy atom. The third-order valence-electron chi connectivity index (χ3n) is 3.01. The summed E-state index contributed by atoms with van der Waals surface area (Å²) in [6.07, 6.45) is 3.66. The van der Waals surface area contributed by atoms with Gasteiger partial charge in [0.15, 0.2) is 0 Å². The number of hydrogen-bond acceptors (Lipinski definition) is 2. The summed E-state index contributed by atoms with van der Waals surface area (Å²) in [4.78, 5) is 11.4. The van der Waals surface area contributed by atoms with Crippen LogP contribution >= 0.6 is 0 Å². The summed E-state index contributed by atoms with van der Waals surface area (Å²) < 4.78 is 18.8. The Kier molecular flexibility index (Phi) is 3.94. The number of alkyl halides is 1. The zero-order valence-corrected chi connectivity index (χ0v) is 11.6. The Hall–Kier alpha value is -0.643. The van der Waals surface area contributed by atoms with E-state index in [9.17, 15) is 9.18 Å². The van der Waals surface area contributed by atoms with Crippen LogP contribution in [0.5, 0.6) is 0 Å². The second kappa shape index (κ2) is 4.70. The fraction of sp³-hybridized carbons (Fsp3) is 0.750. The number of hydrogen-bond donors (Lipinski definition) is 0. The van der Waals surface area contributed by atoms with Crippen molar-refractivity contribution >= 4 is 14.1 Å². The molecule has 1 unspecified atom stereocenters. The summed E-state index contributed by atoms with van der Waals surface area (Å²) in [5.74, 6) is 0.905. The van der Waals surface area contributed by atoms with Gasteiger partial charge >= 0.3 is 0 Å². The van der Waals surface area contributed by atoms with Gasteiger partial charge < -0.3 is 4.43 Å². The maximum Gasteiger partial charge on any atom is 0.241 e. The van der Waals surface area contributed by atoms with Crippen molar-refractivity contribution in [2.24, 2.45) is 5.41 Å². The molecule has 0 aromatic heterocycles. The van der Waals surface area contributed by atoms with Crippen LogP contribution in [0, 0.1) is 5.41 Å². The fourth-order valence-corrected chi connectivity index (χ4v) is 2.87. The van der Waals surface area contributed by atoms with E-state index in [1.54, 1.807) is 0 Å². The molecule has 16 heavy (non-hydrogen) atoms. The maximum atomic E-state index is 13.0. The normalized spacial score (nSPS) is 26.2. The monoisotopic (exact) mass is 244 g/mol. The molecule has 0 radical (unpaired) electrons. The third kappa shape index (κ3) is 3.17. The summed E-state index contributed by atoms with van der Waals surface area (Å²) in [6.45, 7) is 7.29. The molecule has 0 saturated carbocycles. The average Bonchev–Trinajstić information content (AvgIpc) is 2.16. The lowest BCUT2D eigenvalue weighted by Crippen LogP contribution is -2.35. The van der Waals surface area contributed by atoms with Gasteiger partial charge in [-0.05, 0) is 45.5 Å². The largest absolute Gasteiger partial charge is 0.548 e. The van der Waals surface area contributed by atoms with Gasteiger partial charge in [0.25, 0.3) is 0 Å². The lowest BCUT2D eigenvalue weighted by atomic mass is 9.75. The zero-order valence-electron chi connectivity index (χ0n) is 10.6. The first kappa shape index (κ1) is 13.4. The lowest BCUT2D eigenvalue weighted by Gasteiger charge is -2.33. The molecule has 0 N–H and O–H groups in total. The van der Waals surface area contributed by atoms with Gasteiger partial charge in [0, 0.05) is 6.42 Å². The molecule has 0 fully saturated rings. The summed E-state index contributed by atoms with van der Waals surface area (Å²) in [6, 6.07) is 0. The van der Waals surface area contributed by atoms with Crippen LogP contribution in [-0.2, 0) is 9.22 Å². The second-order valence-electron chi connectivity index (χ2n) is 5.56. The number of Topliss-reactive ketones (excluding diaryl/α,β-unsaturated/α-hetero) is 1. The van der Waals surface area contributed by atoms with E-state index >= 15 is 0 Å². The number of rotatable bonds is 4. The first-order chi connectivity index (χ1) is 7.29. The minimum absolute atomic E-state index is 0.0432. The first-order valence-electron chi connectivity index (χ1n) is 5.74. The van der Waals surface area contributed by atoms with Gasteiger partial charge in [-0.3, -0.25) is 4.79 Å². The number of halogens is 1. The van der Waals surface area contributed by atoms with Crippen LogP contribution in [0.1, 0.15) is 26.2 Å². The van der Waals surface area contributed by atoms with Crippen LogP contribution in [0.3, 0.4) is 0 Å².